The number of halogens is 3. The highest BCUT2D eigenvalue weighted by Gasteiger charge is 2.40. The smallest absolute Gasteiger partial charge is 0.255 e. The van der Waals surface area contributed by atoms with Crippen molar-refractivity contribution >= 4 is 21.8 Å². The summed E-state index contributed by atoms with van der Waals surface area (Å²) in [6.45, 7) is 3.37. The van der Waals surface area contributed by atoms with Crippen LogP contribution in [0.25, 0.3) is 22.4 Å². The van der Waals surface area contributed by atoms with Gasteiger partial charge in [-0.05, 0) is 36.1 Å². The Morgan fingerprint density at radius 3 is 2.13 bits per heavy atom. The summed E-state index contributed by atoms with van der Waals surface area (Å²) in [6, 6.07) is 11.9. The number of primary sulfonamides is 1. The van der Waals surface area contributed by atoms with Crippen molar-refractivity contribution in [3.8, 4) is 22.4 Å². The lowest BCUT2D eigenvalue weighted by atomic mass is 9.98. The molecule has 0 aliphatic rings. The average molecular weight is 454 g/mol. The first-order valence-electron chi connectivity index (χ1n) is 8.63. The summed E-state index contributed by atoms with van der Waals surface area (Å²) in [7, 11) is -3.93. The molecule has 1 aromatic heterocycles. The summed E-state index contributed by atoms with van der Waals surface area (Å²) >= 11 is 1.48. The summed E-state index contributed by atoms with van der Waals surface area (Å²) in [5, 5.41) is 9.30. The third kappa shape index (κ3) is 4.45. The van der Waals surface area contributed by atoms with Gasteiger partial charge < -0.3 is 0 Å². The maximum atomic E-state index is 14.0. The van der Waals surface area contributed by atoms with Crippen LogP contribution in [0.2, 0.25) is 0 Å². The molecule has 0 unspecified atom stereocenters. The van der Waals surface area contributed by atoms with Gasteiger partial charge in [-0.15, -0.1) is 18.3 Å². The Morgan fingerprint density at radius 1 is 1.10 bits per heavy atom. The molecule has 0 spiro atoms. The van der Waals surface area contributed by atoms with Crippen LogP contribution in [-0.4, -0.2) is 24.5 Å². The zero-order valence-electron chi connectivity index (χ0n) is 15.8. The summed E-state index contributed by atoms with van der Waals surface area (Å²) < 4.78 is 65.9. The van der Waals surface area contributed by atoms with Gasteiger partial charge in [-0.2, -0.15) is 18.3 Å². The zero-order valence-corrected chi connectivity index (χ0v) is 17.5. The summed E-state index contributed by atoms with van der Waals surface area (Å²) in [5.74, 6) is 0. The molecule has 2 aromatic carbocycles. The Labute approximate surface area is 176 Å². The minimum atomic E-state index is -4.66. The summed E-state index contributed by atoms with van der Waals surface area (Å²) in [4.78, 5) is 0.767. The summed E-state index contributed by atoms with van der Waals surface area (Å²) in [5.41, 5.74) is -0.215. The van der Waals surface area contributed by atoms with Gasteiger partial charge in [-0.3, -0.25) is 4.68 Å². The minimum Gasteiger partial charge on any atom is -0.255 e. The molecule has 0 bridgehead atoms. The fourth-order valence-electron chi connectivity index (χ4n) is 3.04. The van der Waals surface area contributed by atoms with E-state index in [2.05, 4.69) is 11.7 Å². The van der Waals surface area contributed by atoms with Gasteiger partial charge in [0.1, 0.15) is 5.69 Å². The number of nitrogens with two attached hydrogens (primary N) is 1. The number of sulfonamides is 1. The maximum absolute atomic E-state index is 14.0. The standard InChI is InChI=1S/C20H18F3N3O2S2/c1-3-12-26-19(20(21,22)23)17(13-4-8-15(29-2)9-5-13)18(25-26)14-6-10-16(11-7-14)30(24,27)28/h3-11H,1,12H2,2H3,(H2,24,27,28). The lowest BCUT2D eigenvalue weighted by Crippen LogP contribution is -2.15. The van der Waals surface area contributed by atoms with E-state index in [4.69, 9.17) is 5.14 Å². The van der Waals surface area contributed by atoms with Crippen molar-refractivity contribution in [3.63, 3.8) is 0 Å². The molecule has 0 fully saturated rings. The number of benzene rings is 2. The van der Waals surface area contributed by atoms with Crippen molar-refractivity contribution in [1.82, 2.24) is 9.78 Å². The number of thioether (sulfide) groups is 1. The SMILES string of the molecule is C=CCn1nc(-c2ccc(S(N)(=O)=O)cc2)c(-c2ccc(SC)cc2)c1C(F)(F)F. The number of alkyl halides is 3. The molecule has 0 saturated carbocycles. The third-order valence-corrected chi connectivity index (χ3v) is 6.03. The van der Waals surface area contributed by atoms with E-state index in [9.17, 15) is 21.6 Å². The van der Waals surface area contributed by atoms with Crippen molar-refractivity contribution in [1.29, 1.82) is 0 Å². The van der Waals surface area contributed by atoms with E-state index in [0.717, 1.165) is 9.58 Å². The molecular weight excluding hydrogens is 435 g/mol. The van der Waals surface area contributed by atoms with E-state index in [1.807, 2.05) is 6.26 Å². The fourth-order valence-corrected chi connectivity index (χ4v) is 3.96. The van der Waals surface area contributed by atoms with Crippen LogP contribution in [0.3, 0.4) is 0 Å². The van der Waals surface area contributed by atoms with Gasteiger partial charge >= 0.3 is 6.18 Å². The van der Waals surface area contributed by atoms with Gasteiger partial charge in [0, 0.05) is 16.0 Å². The first-order chi connectivity index (χ1) is 14.1. The van der Waals surface area contributed by atoms with Crippen LogP contribution in [-0.2, 0) is 22.7 Å². The van der Waals surface area contributed by atoms with Crippen molar-refractivity contribution in [2.45, 2.75) is 22.5 Å². The molecule has 5 nitrogen and oxygen atoms in total. The highest BCUT2D eigenvalue weighted by Crippen LogP contribution is 2.43. The van der Waals surface area contributed by atoms with Crippen molar-refractivity contribution in [3.05, 3.63) is 66.9 Å². The Hall–Kier alpha value is -2.56. The van der Waals surface area contributed by atoms with Crippen molar-refractivity contribution in [2.75, 3.05) is 6.26 Å². The van der Waals surface area contributed by atoms with E-state index in [1.54, 1.807) is 24.3 Å². The molecule has 0 atom stereocenters. The maximum Gasteiger partial charge on any atom is 0.433 e. The second kappa shape index (κ2) is 8.29. The van der Waals surface area contributed by atoms with Crippen LogP contribution in [0.4, 0.5) is 13.2 Å². The van der Waals surface area contributed by atoms with Crippen LogP contribution in [0.5, 0.6) is 0 Å². The molecule has 3 aromatic rings. The van der Waals surface area contributed by atoms with Gasteiger partial charge in [-0.1, -0.05) is 30.3 Å². The number of nitrogens with zero attached hydrogens (tertiary/aromatic N) is 2. The predicted octanol–water partition coefficient (Wildman–Crippen LogP) is 4.79. The van der Waals surface area contributed by atoms with Gasteiger partial charge in [-0.25, -0.2) is 13.6 Å². The quantitative estimate of drug-likeness (QED) is 0.430. The Bertz CT molecular complexity index is 1170. The molecule has 0 amide bonds. The molecular formula is C20H18F3N3O2S2. The van der Waals surface area contributed by atoms with Gasteiger partial charge in [0.05, 0.1) is 11.4 Å². The first kappa shape index (κ1) is 22.1. The second-order valence-electron chi connectivity index (χ2n) is 6.34. The molecule has 0 aliphatic heterocycles. The number of rotatable bonds is 6. The largest absolute Gasteiger partial charge is 0.433 e. The fraction of sp³-hybridized carbons (Fsp3) is 0.150. The monoisotopic (exact) mass is 453 g/mol. The molecule has 10 heteroatoms. The lowest BCUT2D eigenvalue weighted by Gasteiger charge is -2.12. The van der Waals surface area contributed by atoms with Crippen LogP contribution < -0.4 is 5.14 Å². The van der Waals surface area contributed by atoms with Crippen LogP contribution in [0.1, 0.15) is 5.69 Å². The molecule has 158 valence electrons. The van der Waals surface area contributed by atoms with Crippen LogP contribution in [0.15, 0.2) is 71.0 Å². The highest BCUT2D eigenvalue weighted by atomic mass is 32.2. The van der Waals surface area contributed by atoms with Gasteiger partial charge in [0.2, 0.25) is 10.0 Å². The van der Waals surface area contributed by atoms with Crippen LogP contribution >= 0.6 is 11.8 Å². The molecule has 3 rings (SSSR count). The lowest BCUT2D eigenvalue weighted by molar-refractivity contribution is -0.143. The molecule has 0 radical (unpaired) electrons. The molecule has 0 saturated heterocycles. The van der Waals surface area contributed by atoms with Gasteiger partial charge in [0.25, 0.3) is 0 Å². The van der Waals surface area contributed by atoms with Gasteiger partial charge in [0.15, 0.2) is 5.69 Å². The topological polar surface area (TPSA) is 78.0 Å². The normalized spacial score (nSPS) is 12.2. The molecule has 1 heterocycles. The van der Waals surface area contributed by atoms with E-state index in [0.29, 0.717) is 11.1 Å². The number of aromatic nitrogens is 2. The highest BCUT2D eigenvalue weighted by molar-refractivity contribution is 7.98. The van der Waals surface area contributed by atoms with E-state index < -0.39 is 21.9 Å². The molecule has 30 heavy (non-hydrogen) atoms. The average Bonchev–Trinajstić information content (AvgIpc) is 3.07. The van der Waals surface area contributed by atoms with E-state index >= 15 is 0 Å². The Morgan fingerprint density at radius 2 is 1.67 bits per heavy atom. The number of hydrogen-bond acceptors (Lipinski definition) is 4. The predicted molar refractivity (Wildman–Crippen MR) is 111 cm³/mol. The minimum absolute atomic E-state index is 0.0830. The van der Waals surface area contributed by atoms with E-state index in [-0.39, 0.29) is 22.7 Å². The number of hydrogen-bond donors (Lipinski definition) is 1. The molecule has 0 aliphatic carbocycles. The van der Waals surface area contributed by atoms with Crippen LogP contribution in [0, 0.1) is 0 Å². The van der Waals surface area contributed by atoms with Crippen molar-refractivity contribution < 1.29 is 21.6 Å². The Balaban J connectivity index is 2.29. The number of allylic oxidation sites excluding steroid dienone is 1. The summed E-state index contributed by atoms with van der Waals surface area (Å²) in [6.07, 6.45) is -1.46. The zero-order chi connectivity index (χ0) is 22.1. The van der Waals surface area contributed by atoms with E-state index in [1.165, 1.54) is 42.1 Å². The first-order valence-corrected chi connectivity index (χ1v) is 11.4. The Kier molecular flexibility index (Phi) is 6.11. The van der Waals surface area contributed by atoms with Crippen molar-refractivity contribution in [2.24, 2.45) is 5.14 Å². The molecule has 2 N–H and O–H groups in total. The second-order valence-corrected chi connectivity index (χ2v) is 8.78. The third-order valence-electron chi connectivity index (χ3n) is 4.36.